The minimum Gasteiger partial charge on any atom is -0.464 e. The number of rotatable bonds is 3. The summed E-state index contributed by atoms with van der Waals surface area (Å²) in [6.07, 6.45) is 0. The van der Waals surface area contributed by atoms with Crippen molar-refractivity contribution in [3.8, 4) is 12.1 Å². The first-order valence-corrected chi connectivity index (χ1v) is 5.40. The highest BCUT2D eigenvalue weighted by molar-refractivity contribution is 6.10. The maximum Gasteiger partial charge on any atom is 0.359 e. The first-order chi connectivity index (χ1) is 9.69. The van der Waals surface area contributed by atoms with E-state index in [0.717, 1.165) is 0 Å². The van der Waals surface area contributed by atoms with Crippen molar-refractivity contribution in [3.05, 3.63) is 23.9 Å². The number of hydrazone groups is 1. The number of benzene rings is 1. The van der Waals surface area contributed by atoms with Crippen LogP contribution >= 0.6 is 0 Å². The van der Waals surface area contributed by atoms with Gasteiger partial charge in [0.15, 0.2) is 5.69 Å². The summed E-state index contributed by atoms with van der Waals surface area (Å²) in [5.74, 6) is -0.563. The first kappa shape index (κ1) is 13.1. The highest BCUT2D eigenvalue weighted by Crippen LogP contribution is 2.21. The third-order valence-electron chi connectivity index (χ3n) is 2.45. The zero-order chi connectivity index (χ0) is 14.5. The predicted molar refractivity (Wildman–Crippen MR) is 69.7 cm³/mol. The molecule has 0 amide bonds. The van der Waals surface area contributed by atoms with Gasteiger partial charge < -0.3 is 4.74 Å². The Morgan fingerprint density at radius 1 is 1.45 bits per heavy atom. The SMILES string of the molecule is COC(=O)c1n[nH]c2ccc(NN=C(C#N)C#N)cc12. The Balaban J connectivity index is 2.38. The molecule has 98 valence electrons. The van der Waals surface area contributed by atoms with E-state index in [0.29, 0.717) is 16.6 Å². The lowest BCUT2D eigenvalue weighted by molar-refractivity contribution is 0.0596. The molecule has 0 aliphatic heterocycles. The summed E-state index contributed by atoms with van der Waals surface area (Å²) in [4.78, 5) is 11.5. The van der Waals surface area contributed by atoms with E-state index in [1.165, 1.54) is 7.11 Å². The van der Waals surface area contributed by atoms with E-state index >= 15 is 0 Å². The maximum absolute atomic E-state index is 11.5. The Hall–Kier alpha value is -3.39. The molecule has 0 fully saturated rings. The van der Waals surface area contributed by atoms with Crippen LogP contribution in [0.2, 0.25) is 0 Å². The topological polar surface area (TPSA) is 127 Å². The molecule has 1 aromatic carbocycles. The monoisotopic (exact) mass is 268 g/mol. The minimum atomic E-state index is -0.563. The molecule has 0 radical (unpaired) electrons. The number of nitriles is 2. The van der Waals surface area contributed by atoms with Gasteiger partial charge in [0.2, 0.25) is 5.71 Å². The van der Waals surface area contributed by atoms with Crippen LogP contribution in [0.3, 0.4) is 0 Å². The molecular formula is C12H8N6O2. The van der Waals surface area contributed by atoms with Gasteiger partial charge in [-0.3, -0.25) is 10.5 Å². The summed E-state index contributed by atoms with van der Waals surface area (Å²) < 4.78 is 4.62. The van der Waals surface area contributed by atoms with Crippen molar-refractivity contribution < 1.29 is 9.53 Å². The number of carbonyl (C=O) groups excluding carboxylic acids is 1. The van der Waals surface area contributed by atoms with Crippen LogP contribution in [0, 0.1) is 22.7 Å². The maximum atomic E-state index is 11.5. The van der Waals surface area contributed by atoms with Gasteiger partial charge in [-0.05, 0) is 18.2 Å². The van der Waals surface area contributed by atoms with E-state index in [4.69, 9.17) is 10.5 Å². The summed E-state index contributed by atoms with van der Waals surface area (Å²) in [5.41, 5.74) is 3.57. The second kappa shape index (κ2) is 5.50. The summed E-state index contributed by atoms with van der Waals surface area (Å²) in [5, 5.41) is 27.9. The number of nitrogens with zero attached hydrogens (tertiary/aromatic N) is 4. The molecule has 0 bridgehead atoms. The third kappa shape index (κ3) is 2.40. The standard InChI is InChI=1S/C12H8N6O2/c1-20-12(19)11-9-4-7(2-3-10(9)17-18-11)15-16-8(5-13)6-14/h2-4,15H,1H3,(H,17,18). The molecule has 0 saturated carbocycles. The largest absolute Gasteiger partial charge is 0.464 e. The highest BCUT2D eigenvalue weighted by atomic mass is 16.5. The number of aromatic amines is 1. The number of H-pyrrole nitrogens is 1. The molecule has 0 saturated heterocycles. The van der Waals surface area contributed by atoms with Crippen molar-refractivity contribution >= 4 is 28.3 Å². The van der Waals surface area contributed by atoms with Crippen LogP contribution in [0.25, 0.3) is 10.9 Å². The van der Waals surface area contributed by atoms with Crippen LogP contribution in [-0.2, 0) is 4.74 Å². The Labute approximate surface area is 113 Å². The molecular weight excluding hydrogens is 260 g/mol. The van der Waals surface area contributed by atoms with Crippen LogP contribution in [0.1, 0.15) is 10.5 Å². The molecule has 0 unspecified atom stereocenters. The van der Waals surface area contributed by atoms with Crippen LogP contribution < -0.4 is 5.43 Å². The van der Waals surface area contributed by atoms with Crippen LogP contribution in [0.15, 0.2) is 23.3 Å². The number of ether oxygens (including phenoxy) is 1. The number of esters is 1. The predicted octanol–water partition coefficient (Wildman–Crippen LogP) is 1.16. The molecule has 0 atom stereocenters. The van der Waals surface area contributed by atoms with E-state index in [2.05, 4.69) is 25.5 Å². The van der Waals surface area contributed by atoms with Crippen LogP contribution in [0.4, 0.5) is 5.69 Å². The number of carbonyl (C=O) groups is 1. The molecule has 8 nitrogen and oxygen atoms in total. The van der Waals surface area contributed by atoms with E-state index in [1.807, 2.05) is 0 Å². The molecule has 0 spiro atoms. The number of methoxy groups -OCH3 is 1. The quantitative estimate of drug-likeness (QED) is 0.488. The lowest BCUT2D eigenvalue weighted by Crippen LogP contribution is -2.02. The van der Waals surface area contributed by atoms with Crippen molar-refractivity contribution in [2.45, 2.75) is 0 Å². The number of anilines is 1. The summed E-state index contributed by atoms with van der Waals surface area (Å²) >= 11 is 0. The third-order valence-corrected chi connectivity index (χ3v) is 2.45. The van der Waals surface area contributed by atoms with Crippen molar-refractivity contribution in [2.75, 3.05) is 12.5 Å². The van der Waals surface area contributed by atoms with E-state index in [-0.39, 0.29) is 11.4 Å². The van der Waals surface area contributed by atoms with Crippen LogP contribution in [0.5, 0.6) is 0 Å². The average molecular weight is 268 g/mol. The van der Waals surface area contributed by atoms with Gasteiger partial charge in [0.1, 0.15) is 12.1 Å². The number of fused-ring (bicyclic) bond motifs is 1. The van der Waals surface area contributed by atoms with Crippen LogP contribution in [-0.4, -0.2) is 29.0 Å². The van der Waals surface area contributed by atoms with Gasteiger partial charge in [-0.1, -0.05) is 0 Å². The lowest BCUT2D eigenvalue weighted by atomic mass is 10.2. The second-order valence-corrected chi connectivity index (χ2v) is 3.62. The first-order valence-electron chi connectivity index (χ1n) is 5.40. The van der Waals surface area contributed by atoms with Gasteiger partial charge >= 0.3 is 5.97 Å². The molecule has 0 aliphatic rings. The van der Waals surface area contributed by atoms with Gasteiger partial charge in [-0.2, -0.15) is 20.7 Å². The van der Waals surface area contributed by atoms with E-state index < -0.39 is 5.97 Å². The molecule has 1 aromatic heterocycles. The summed E-state index contributed by atoms with van der Waals surface area (Å²) in [6, 6.07) is 8.22. The molecule has 2 N–H and O–H groups in total. The van der Waals surface area contributed by atoms with E-state index in [1.54, 1.807) is 30.3 Å². The van der Waals surface area contributed by atoms with Gasteiger partial charge in [0, 0.05) is 5.39 Å². The average Bonchev–Trinajstić information content (AvgIpc) is 2.90. The molecule has 2 rings (SSSR count). The normalized spacial score (nSPS) is 9.35. The van der Waals surface area contributed by atoms with Crippen molar-refractivity contribution in [3.63, 3.8) is 0 Å². The summed E-state index contributed by atoms with van der Waals surface area (Å²) in [7, 11) is 1.27. The fourth-order valence-corrected chi connectivity index (χ4v) is 1.53. The fourth-order valence-electron chi connectivity index (χ4n) is 1.53. The molecule has 20 heavy (non-hydrogen) atoms. The highest BCUT2D eigenvalue weighted by Gasteiger charge is 2.14. The minimum absolute atomic E-state index is 0.149. The van der Waals surface area contributed by atoms with Crippen molar-refractivity contribution in [1.82, 2.24) is 10.2 Å². The lowest BCUT2D eigenvalue weighted by Gasteiger charge is -2.00. The van der Waals surface area contributed by atoms with Gasteiger partial charge in [-0.15, -0.1) is 0 Å². The summed E-state index contributed by atoms with van der Waals surface area (Å²) in [6.45, 7) is 0. The Morgan fingerprint density at radius 3 is 2.85 bits per heavy atom. The zero-order valence-electron chi connectivity index (χ0n) is 10.3. The molecule has 2 aromatic rings. The Bertz CT molecular complexity index is 761. The number of aromatic nitrogens is 2. The number of nitrogens with one attached hydrogen (secondary N) is 2. The number of hydrogen-bond donors (Lipinski definition) is 2. The smallest absolute Gasteiger partial charge is 0.359 e. The van der Waals surface area contributed by atoms with Gasteiger partial charge in [0.05, 0.1) is 18.3 Å². The second-order valence-electron chi connectivity index (χ2n) is 3.62. The van der Waals surface area contributed by atoms with Crippen molar-refractivity contribution in [2.24, 2.45) is 5.10 Å². The Morgan fingerprint density at radius 2 is 2.20 bits per heavy atom. The molecule has 1 heterocycles. The Kier molecular flexibility index (Phi) is 3.59. The van der Waals surface area contributed by atoms with Gasteiger partial charge in [0.25, 0.3) is 0 Å². The van der Waals surface area contributed by atoms with Crippen molar-refractivity contribution in [1.29, 1.82) is 10.5 Å². The molecule has 0 aliphatic carbocycles. The fraction of sp³-hybridized carbons (Fsp3) is 0.0833. The zero-order valence-corrected chi connectivity index (χ0v) is 10.3. The number of hydrogen-bond acceptors (Lipinski definition) is 7. The van der Waals surface area contributed by atoms with E-state index in [9.17, 15) is 4.79 Å². The van der Waals surface area contributed by atoms with Gasteiger partial charge in [-0.25, -0.2) is 4.79 Å². The molecule has 8 heteroatoms.